The Bertz CT molecular complexity index is 999. The van der Waals surface area contributed by atoms with E-state index in [1.54, 1.807) is 0 Å². The van der Waals surface area contributed by atoms with E-state index in [9.17, 15) is 4.79 Å². The monoisotopic (exact) mass is 394 g/mol. The highest BCUT2D eigenvalue weighted by Crippen LogP contribution is 2.28. The van der Waals surface area contributed by atoms with E-state index in [0.29, 0.717) is 23.9 Å². The van der Waals surface area contributed by atoms with E-state index < -0.39 is 0 Å². The van der Waals surface area contributed by atoms with Gasteiger partial charge < -0.3 is 10.6 Å². The van der Waals surface area contributed by atoms with Gasteiger partial charge in [-0.25, -0.2) is 9.97 Å². The van der Waals surface area contributed by atoms with E-state index >= 15 is 0 Å². The third kappa shape index (κ3) is 4.09. The molecule has 0 radical (unpaired) electrons. The fourth-order valence-electron chi connectivity index (χ4n) is 3.25. The van der Waals surface area contributed by atoms with Crippen LogP contribution in [0.2, 0.25) is 5.02 Å². The smallest absolute Gasteiger partial charge is 0.223 e. The molecule has 0 aliphatic heterocycles. The van der Waals surface area contributed by atoms with Gasteiger partial charge in [-0.15, -0.1) is 0 Å². The van der Waals surface area contributed by atoms with Gasteiger partial charge in [0.05, 0.1) is 5.52 Å². The summed E-state index contributed by atoms with van der Waals surface area (Å²) in [5, 5.41) is 7.90. The van der Waals surface area contributed by atoms with Crippen LogP contribution in [-0.4, -0.2) is 29.0 Å². The number of anilines is 1. The number of nitrogens with one attached hydrogen (secondary N) is 2. The molecule has 6 heteroatoms. The molecule has 1 amide bonds. The molecule has 0 bridgehead atoms. The van der Waals surface area contributed by atoms with Crippen LogP contribution in [0.5, 0.6) is 0 Å². The van der Waals surface area contributed by atoms with Crippen LogP contribution < -0.4 is 10.6 Å². The van der Waals surface area contributed by atoms with Gasteiger partial charge in [0, 0.05) is 35.0 Å². The zero-order valence-corrected chi connectivity index (χ0v) is 16.6. The molecule has 0 saturated heterocycles. The van der Waals surface area contributed by atoms with Gasteiger partial charge in [0.15, 0.2) is 5.82 Å². The highest BCUT2D eigenvalue weighted by atomic mass is 35.5. The second kappa shape index (κ2) is 8.15. The minimum absolute atomic E-state index is 0.160. The lowest BCUT2D eigenvalue weighted by atomic mass is 9.85. The maximum absolute atomic E-state index is 12.0. The topological polar surface area (TPSA) is 66.9 Å². The summed E-state index contributed by atoms with van der Waals surface area (Å²) < 4.78 is 0. The van der Waals surface area contributed by atoms with Gasteiger partial charge in [-0.1, -0.05) is 47.9 Å². The lowest BCUT2D eigenvalue weighted by Crippen LogP contribution is -2.36. The molecule has 1 aromatic heterocycles. The standard InChI is InChI=1S/C22H23ClN4O/c1-14-5-7-15(8-6-14)20-26-19-13-17(23)9-10-18(19)21(27-20)24-11-12-25-22(28)16-3-2-4-16/h5-10,13,16H,2-4,11-12H2,1H3,(H,25,28)(H,24,26,27). The molecule has 3 aromatic rings. The SMILES string of the molecule is Cc1ccc(-c2nc(NCCNC(=O)C3CCC3)c3ccc(Cl)cc3n2)cc1. The number of fused-ring (bicyclic) bond motifs is 1. The first-order chi connectivity index (χ1) is 13.6. The summed E-state index contributed by atoms with van der Waals surface area (Å²) in [5.74, 6) is 1.76. The average Bonchev–Trinajstić information content (AvgIpc) is 2.63. The predicted molar refractivity (Wildman–Crippen MR) is 114 cm³/mol. The Morgan fingerprint density at radius 2 is 1.89 bits per heavy atom. The van der Waals surface area contributed by atoms with E-state index in [2.05, 4.69) is 22.5 Å². The summed E-state index contributed by atoms with van der Waals surface area (Å²) in [5.41, 5.74) is 2.93. The highest BCUT2D eigenvalue weighted by Gasteiger charge is 2.24. The third-order valence-corrected chi connectivity index (χ3v) is 5.40. The van der Waals surface area contributed by atoms with Crippen LogP contribution >= 0.6 is 11.6 Å². The van der Waals surface area contributed by atoms with Crippen LogP contribution in [-0.2, 0) is 4.79 Å². The number of aromatic nitrogens is 2. The molecule has 0 spiro atoms. The van der Waals surface area contributed by atoms with Crippen molar-refractivity contribution in [2.45, 2.75) is 26.2 Å². The van der Waals surface area contributed by atoms with Crippen molar-refractivity contribution in [1.29, 1.82) is 0 Å². The van der Waals surface area contributed by atoms with E-state index in [0.717, 1.165) is 41.5 Å². The number of carbonyl (C=O) groups is 1. The Morgan fingerprint density at radius 1 is 1.11 bits per heavy atom. The average molecular weight is 395 g/mol. The summed E-state index contributed by atoms with van der Waals surface area (Å²) in [4.78, 5) is 21.4. The second-order valence-corrected chi connectivity index (χ2v) is 7.71. The van der Waals surface area contributed by atoms with Gasteiger partial charge in [0.1, 0.15) is 5.82 Å². The lowest BCUT2D eigenvalue weighted by Gasteiger charge is -2.24. The van der Waals surface area contributed by atoms with Crippen LogP contribution in [0.15, 0.2) is 42.5 Å². The largest absolute Gasteiger partial charge is 0.368 e. The summed E-state index contributed by atoms with van der Waals surface area (Å²) in [7, 11) is 0. The molecule has 0 unspecified atom stereocenters. The normalized spacial score (nSPS) is 13.9. The molecule has 1 aliphatic carbocycles. The summed E-state index contributed by atoms with van der Waals surface area (Å²) in [6.07, 6.45) is 3.18. The number of benzene rings is 2. The van der Waals surface area contributed by atoms with E-state index in [1.807, 2.05) is 42.5 Å². The Morgan fingerprint density at radius 3 is 2.61 bits per heavy atom. The Hall–Kier alpha value is -2.66. The molecule has 2 aromatic carbocycles. The van der Waals surface area contributed by atoms with Crippen molar-refractivity contribution in [2.75, 3.05) is 18.4 Å². The number of nitrogens with zero attached hydrogens (tertiary/aromatic N) is 2. The molecule has 1 heterocycles. The number of carbonyl (C=O) groups excluding carboxylic acids is 1. The van der Waals surface area contributed by atoms with Crippen LogP contribution in [0.1, 0.15) is 24.8 Å². The maximum atomic E-state index is 12.0. The summed E-state index contributed by atoms with van der Waals surface area (Å²) >= 11 is 6.17. The van der Waals surface area contributed by atoms with Gasteiger partial charge in [-0.05, 0) is 38.0 Å². The highest BCUT2D eigenvalue weighted by molar-refractivity contribution is 6.31. The fourth-order valence-corrected chi connectivity index (χ4v) is 3.42. The Kier molecular flexibility index (Phi) is 5.44. The minimum Gasteiger partial charge on any atom is -0.368 e. The molecule has 1 saturated carbocycles. The summed E-state index contributed by atoms with van der Waals surface area (Å²) in [6, 6.07) is 13.7. The van der Waals surface area contributed by atoms with E-state index in [4.69, 9.17) is 16.6 Å². The van der Waals surface area contributed by atoms with Gasteiger partial charge in [-0.2, -0.15) is 0 Å². The van der Waals surface area contributed by atoms with E-state index in [-0.39, 0.29) is 11.8 Å². The number of hydrogen-bond acceptors (Lipinski definition) is 4. The first kappa shape index (κ1) is 18.7. The van der Waals surface area contributed by atoms with Crippen molar-refractivity contribution in [3.8, 4) is 11.4 Å². The Labute approximate surface area is 169 Å². The van der Waals surface area contributed by atoms with Crippen LogP contribution in [0.3, 0.4) is 0 Å². The molecule has 5 nitrogen and oxygen atoms in total. The molecular formula is C22H23ClN4O. The summed E-state index contributed by atoms with van der Waals surface area (Å²) in [6.45, 7) is 3.21. The molecule has 144 valence electrons. The van der Waals surface area contributed by atoms with Crippen molar-refractivity contribution in [3.63, 3.8) is 0 Å². The van der Waals surface area contributed by atoms with Crippen LogP contribution in [0.4, 0.5) is 5.82 Å². The second-order valence-electron chi connectivity index (χ2n) is 7.27. The lowest BCUT2D eigenvalue weighted by molar-refractivity contribution is -0.127. The number of hydrogen-bond donors (Lipinski definition) is 2. The first-order valence-corrected chi connectivity index (χ1v) is 10.0. The van der Waals surface area contributed by atoms with Crippen molar-refractivity contribution in [2.24, 2.45) is 5.92 Å². The quantitative estimate of drug-likeness (QED) is 0.600. The number of rotatable bonds is 6. The van der Waals surface area contributed by atoms with Crippen molar-refractivity contribution in [3.05, 3.63) is 53.1 Å². The minimum atomic E-state index is 0.160. The van der Waals surface area contributed by atoms with Gasteiger partial charge in [-0.3, -0.25) is 4.79 Å². The molecule has 2 N–H and O–H groups in total. The van der Waals surface area contributed by atoms with Crippen molar-refractivity contribution >= 4 is 34.2 Å². The molecule has 28 heavy (non-hydrogen) atoms. The van der Waals surface area contributed by atoms with Crippen LogP contribution in [0.25, 0.3) is 22.3 Å². The number of aryl methyl sites for hydroxylation is 1. The van der Waals surface area contributed by atoms with Gasteiger partial charge >= 0.3 is 0 Å². The molecule has 4 rings (SSSR count). The third-order valence-electron chi connectivity index (χ3n) is 5.16. The zero-order valence-electron chi connectivity index (χ0n) is 15.8. The zero-order chi connectivity index (χ0) is 19.5. The molecule has 0 atom stereocenters. The first-order valence-electron chi connectivity index (χ1n) is 9.66. The molecule has 1 aliphatic rings. The van der Waals surface area contributed by atoms with Crippen molar-refractivity contribution in [1.82, 2.24) is 15.3 Å². The predicted octanol–water partition coefficient (Wildman–Crippen LogP) is 4.59. The van der Waals surface area contributed by atoms with E-state index in [1.165, 1.54) is 5.56 Å². The maximum Gasteiger partial charge on any atom is 0.223 e. The van der Waals surface area contributed by atoms with Crippen LogP contribution in [0, 0.1) is 12.8 Å². The number of amides is 1. The molecular weight excluding hydrogens is 372 g/mol. The number of halogens is 1. The Balaban J connectivity index is 1.55. The fraction of sp³-hybridized carbons (Fsp3) is 0.318. The van der Waals surface area contributed by atoms with Crippen molar-refractivity contribution < 1.29 is 4.79 Å². The van der Waals surface area contributed by atoms with Gasteiger partial charge in [0.25, 0.3) is 0 Å². The van der Waals surface area contributed by atoms with Gasteiger partial charge in [0.2, 0.25) is 5.91 Å². The molecule has 1 fully saturated rings.